The second-order valence-electron chi connectivity index (χ2n) is 4.68. The van der Waals surface area contributed by atoms with Crippen molar-refractivity contribution in [1.29, 1.82) is 0 Å². The largest absolute Gasteiger partial charge is 0.347 e. The third-order valence-corrected chi connectivity index (χ3v) is 3.41. The minimum Gasteiger partial charge on any atom is -0.347 e. The van der Waals surface area contributed by atoms with E-state index in [-0.39, 0.29) is 0 Å². The molecule has 90 valence electrons. The van der Waals surface area contributed by atoms with Crippen LogP contribution in [0.25, 0.3) is 0 Å². The maximum atomic E-state index is 4.34. The molecule has 0 bridgehead atoms. The van der Waals surface area contributed by atoms with Gasteiger partial charge < -0.3 is 15.2 Å². The SMILES string of the molecule is CCC(NC1CCN(C)CC1)c1ncc[nH]1. The minimum absolute atomic E-state index is 0.378. The van der Waals surface area contributed by atoms with Crippen LogP contribution >= 0.6 is 0 Å². The molecule has 4 nitrogen and oxygen atoms in total. The fraction of sp³-hybridized carbons (Fsp3) is 0.750. The monoisotopic (exact) mass is 222 g/mol. The summed E-state index contributed by atoms with van der Waals surface area (Å²) >= 11 is 0. The highest BCUT2D eigenvalue weighted by Crippen LogP contribution is 2.16. The first-order valence-corrected chi connectivity index (χ1v) is 6.23. The van der Waals surface area contributed by atoms with Gasteiger partial charge in [0.2, 0.25) is 0 Å². The van der Waals surface area contributed by atoms with E-state index in [1.54, 1.807) is 0 Å². The van der Waals surface area contributed by atoms with Gasteiger partial charge in [-0.3, -0.25) is 0 Å². The molecule has 0 amide bonds. The Morgan fingerprint density at radius 1 is 1.56 bits per heavy atom. The molecule has 1 aliphatic rings. The highest BCUT2D eigenvalue weighted by molar-refractivity contribution is 4.96. The molecule has 2 N–H and O–H groups in total. The normalized spacial score (nSPS) is 21.1. The summed E-state index contributed by atoms with van der Waals surface area (Å²) in [5.41, 5.74) is 0. The Morgan fingerprint density at radius 2 is 2.31 bits per heavy atom. The molecule has 0 aromatic carbocycles. The van der Waals surface area contributed by atoms with Crippen LogP contribution in [-0.2, 0) is 0 Å². The van der Waals surface area contributed by atoms with Gasteiger partial charge in [-0.1, -0.05) is 6.92 Å². The smallest absolute Gasteiger partial charge is 0.123 e. The molecule has 0 radical (unpaired) electrons. The van der Waals surface area contributed by atoms with E-state index in [0.717, 1.165) is 12.2 Å². The van der Waals surface area contributed by atoms with Gasteiger partial charge in [-0.25, -0.2) is 4.98 Å². The van der Waals surface area contributed by atoms with Crippen LogP contribution in [0.5, 0.6) is 0 Å². The summed E-state index contributed by atoms with van der Waals surface area (Å²) in [5, 5.41) is 3.71. The zero-order chi connectivity index (χ0) is 11.4. The van der Waals surface area contributed by atoms with Crippen molar-refractivity contribution in [2.75, 3.05) is 20.1 Å². The van der Waals surface area contributed by atoms with Crippen LogP contribution in [0.4, 0.5) is 0 Å². The molecule has 1 aromatic heterocycles. The standard InChI is InChI=1S/C12H22N4/c1-3-11(12-13-6-7-14-12)15-10-4-8-16(2)9-5-10/h6-7,10-11,15H,3-5,8-9H2,1-2H3,(H,13,14). The lowest BCUT2D eigenvalue weighted by molar-refractivity contribution is 0.222. The summed E-state index contributed by atoms with van der Waals surface area (Å²) in [5.74, 6) is 1.07. The predicted molar refractivity (Wildman–Crippen MR) is 65.3 cm³/mol. The number of piperidine rings is 1. The first kappa shape index (κ1) is 11.6. The van der Waals surface area contributed by atoms with E-state index in [1.807, 2.05) is 12.4 Å². The number of nitrogens with zero attached hydrogens (tertiary/aromatic N) is 2. The van der Waals surface area contributed by atoms with Crippen molar-refractivity contribution in [1.82, 2.24) is 20.2 Å². The fourth-order valence-electron chi connectivity index (χ4n) is 2.32. The summed E-state index contributed by atoms with van der Waals surface area (Å²) in [6.45, 7) is 4.60. The van der Waals surface area contributed by atoms with Crippen molar-refractivity contribution < 1.29 is 0 Å². The maximum absolute atomic E-state index is 4.34. The molecule has 1 aromatic rings. The Morgan fingerprint density at radius 3 is 2.88 bits per heavy atom. The Kier molecular flexibility index (Phi) is 3.96. The number of H-pyrrole nitrogens is 1. The van der Waals surface area contributed by atoms with E-state index in [2.05, 4.69) is 34.2 Å². The molecule has 2 heterocycles. The van der Waals surface area contributed by atoms with Crippen molar-refractivity contribution in [2.45, 2.75) is 38.3 Å². The third-order valence-electron chi connectivity index (χ3n) is 3.41. The summed E-state index contributed by atoms with van der Waals surface area (Å²) < 4.78 is 0. The molecule has 0 aliphatic carbocycles. The molecular weight excluding hydrogens is 200 g/mol. The highest BCUT2D eigenvalue weighted by Gasteiger charge is 2.20. The average molecular weight is 222 g/mol. The Hall–Kier alpha value is -0.870. The van der Waals surface area contributed by atoms with Crippen molar-refractivity contribution in [2.24, 2.45) is 0 Å². The molecule has 1 aliphatic heterocycles. The summed E-state index contributed by atoms with van der Waals surface area (Å²) in [6, 6.07) is 1.02. The molecular formula is C12H22N4. The number of aromatic nitrogens is 2. The van der Waals surface area contributed by atoms with Gasteiger partial charge >= 0.3 is 0 Å². The second kappa shape index (κ2) is 5.46. The van der Waals surface area contributed by atoms with Gasteiger partial charge in [-0.15, -0.1) is 0 Å². The van der Waals surface area contributed by atoms with E-state index in [1.165, 1.54) is 25.9 Å². The van der Waals surface area contributed by atoms with Gasteiger partial charge in [0.25, 0.3) is 0 Å². The molecule has 1 fully saturated rings. The van der Waals surface area contributed by atoms with Crippen LogP contribution in [0.1, 0.15) is 38.1 Å². The van der Waals surface area contributed by atoms with Crippen LogP contribution in [-0.4, -0.2) is 41.0 Å². The zero-order valence-electron chi connectivity index (χ0n) is 10.2. The number of likely N-dealkylation sites (tertiary alicyclic amines) is 1. The molecule has 1 saturated heterocycles. The van der Waals surface area contributed by atoms with E-state index in [4.69, 9.17) is 0 Å². The number of aromatic amines is 1. The lowest BCUT2D eigenvalue weighted by atomic mass is 10.0. The van der Waals surface area contributed by atoms with Gasteiger partial charge in [0.05, 0.1) is 6.04 Å². The number of hydrogen-bond donors (Lipinski definition) is 2. The topological polar surface area (TPSA) is 44.0 Å². The number of hydrogen-bond acceptors (Lipinski definition) is 3. The lowest BCUT2D eigenvalue weighted by Crippen LogP contribution is -2.42. The minimum atomic E-state index is 0.378. The molecule has 0 spiro atoms. The van der Waals surface area contributed by atoms with Gasteiger partial charge in [-0.2, -0.15) is 0 Å². The van der Waals surface area contributed by atoms with Gasteiger partial charge in [-0.05, 0) is 39.4 Å². The molecule has 2 rings (SSSR count). The van der Waals surface area contributed by atoms with Gasteiger partial charge in [0, 0.05) is 18.4 Å². The first-order valence-electron chi connectivity index (χ1n) is 6.23. The zero-order valence-corrected chi connectivity index (χ0v) is 10.2. The van der Waals surface area contributed by atoms with Crippen molar-refractivity contribution in [3.05, 3.63) is 18.2 Å². The van der Waals surface area contributed by atoms with Gasteiger partial charge in [0.15, 0.2) is 0 Å². The van der Waals surface area contributed by atoms with Crippen molar-refractivity contribution >= 4 is 0 Å². The van der Waals surface area contributed by atoms with Crippen LogP contribution < -0.4 is 5.32 Å². The fourth-order valence-corrected chi connectivity index (χ4v) is 2.32. The highest BCUT2D eigenvalue weighted by atomic mass is 15.1. The predicted octanol–water partition coefficient (Wildman–Crippen LogP) is 1.54. The van der Waals surface area contributed by atoms with E-state index in [9.17, 15) is 0 Å². The summed E-state index contributed by atoms with van der Waals surface area (Å²) in [6.07, 6.45) is 7.30. The molecule has 1 unspecified atom stereocenters. The summed E-state index contributed by atoms with van der Waals surface area (Å²) in [4.78, 5) is 9.94. The van der Waals surface area contributed by atoms with Crippen LogP contribution in [0.2, 0.25) is 0 Å². The van der Waals surface area contributed by atoms with E-state index < -0.39 is 0 Å². The van der Waals surface area contributed by atoms with Crippen molar-refractivity contribution in [3.8, 4) is 0 Å². The lowest BCUT2D eigenvalue weighted by Gasteiger charge is -2.31. The Labute approximate surface area is 97.4 Å². The molecule has 1 atom stereocenters. The number of nitrogens with one attached hydrogen (secondary N) is 2. The maximum Gasteiger partial charge on any atom is 0.123 e. The van der Waals surface area contributed by atoms with Crippen molar-refractivity contribution in [3.63, 3.8) is 0 Å². The Balaban J connectivity index is 1.87. The quantitative estimate of drug-likeness (QED) is 0.812. The van der Waals surface area contributed by atoms with Crippen LogP contribution in [0.15, 0.2) is 12.4 Å². The number of rotatable bonds is 4. The molecule has 4 heteroatoms. The molecule has 0 saturated carbocycles. The summed E-state index contributed by atoms with van der Waals surface area (Å²) in [7, 11) is 2.19. The van der Waals surface area contributed by atoms with E-state index in [0.29, 0.717) is 12.1 Å². The van der Waals surface area contributed by atoms with Gasteiger partial charge in [0.1, 0.15) is 5.82 Å². The van der Waals surface area contributed by atoms with E-state index >= 15 is 0 Å². The Bertz CT molecular complexity index is 288. The molecule has 16 heavy (non-hydrogen) atoms. The number of imidazole rings is 1. The average Bonchev–Trinajstić information content (AvgIpc) is 2.82. The third kappa shape index (κ3) is 2.83. The second-order valence-corrected chi connectivity index (χ2v) is 4.68. The van der Waals surface area contributed by atoms with Crippen LogP contribution in [0, 0.1) is 0 Å². The first-order chi connectivity index (χ1) is 7.79. The van der Waals surface area contributed by atoms with Crippen LogP contribution in [0.3, 0.4) is 0 Å².